The fourth-order valence-corrected chi connectivity index (χ4v) is 2.15. The van der Waals surface area contributed by atoms with Crippen LogP contribution >= 0.6 is 0 Å². The lowest BCUT2D eigenvalue weighted by Gasteiger charge is -2.26. The van der Waals surface area contributed by atoms with Crippen LogP contribution < -0.4 is 10.6 Å². The quantitative estimate of drug-likeness (QED) is 0.614. The fraction of sp³-hybridized carbons (Fsp3) is 1.00. The number of methoxy groups -OCH3 is 1. The lowest BCUT2D eigenvalue weighted by atomic mass is 9.90. The zero-order chi connectivity index (χ0) is 13.3. The predicted octanol–water partition coefficient (Wildman–Crippen LogP) is 1.41. The molecule has 1 rings (SSSR count). The highest BCUT2D eigenvalue weighted by molar-refractivity contribution is 4.72. The van der Waals surface area contributed by atoms with Crippen molar-refractivity contribution in [2.75, 3.05) is 46.5 Å². The Labute approximate surface area is 112 Å². The molecule has 2 N–H and O–H groups in total. The molecule has 18 heavy (non-hydrogen) atoms. The highest BCUT2D eigenvalue weighted by atomic mass is 16.5. The summed E-state index contributed by atoms with van der Waals surface area (Å²) in [6, 6.07) is 0. The van der Waals surface area contributed by atoms with Gasteiger partial charge in [0.1, 0.15) is 0 Å². The molecule has 0 saturated carbocycles. The summed E-state index contributed by atoms with van der Waals surface area (Å²) >= 11 is 0. The van der Waals surface area contributed by atoms with Crippen LogP contribution in [0.3, 0.4) is 0 Å². The van der Waals surface area contributed by atoms with Gasteiger partial charge >= 0.3 is 0 Å². The number of piperidine rings is 1. The molecule has 0 unspecified atom stereocenters. The number of nitrogens with one attached hydrogen (secondary N) is 2. The van der Waals surface area contributed by atoms with Gasteiger partial charge in [-0.05, 0) is 37.8 Å². The van der Waals surface area contributed by atoms with Crippen molar-refractivity contribution in [2.24, 2.45) is 5.41 Å². The van der Waals surface area contributed by atoms with Crippen LogP contribution in [0.5, 0.6) is 0 Å². The summed E-state index contributed by atoms with van der Waals surface area (Å²) in [6.45, 7) is 10.4. The summed E-state index contributed by atoms with van der Waals surface area (Å²) in [5, 5.41) is 6.83. The van der Waals surface area contributed by atoms with Crippen LogP contribution in [0.25, 0.3) is 0 Å². The SMILES string of the molecule is COCCC(C)(C)CNCCOC1CCNCC1. The number of hydrogen-bond donors (Lipinski definition) is 2. The maximum absolute atomic E-state index is 5.85. The van der Waals surface area contributed by atoms with Crippen molar-refractivity contribution in [2.45, 2.75) is 39.2 Å². The third-order valence-corrected chi connectivity index (χ3v) is 3.51. The molecule has 0 atom stereocenters. The van der Waals surface area contributed by atoms with E-state index in [0.717, 1.165) is 58.7 Å². The highest BCUT2D eigenvalue weighted by Gasteiger charge is 2.17. The molecule has 108 valence electrons. The second kappa shape index (κ2) is 8.86. The molecule has 0 aromatic heterocycles. The molecular formula is C14H30N2O2. The van der Waals surface area contributed by atoms with Crippen LogP contribution in [0.4, 0.5) is 0 Å². The maximum Gasteiger partial charge on any atom is 0.0600 e. The normalized spacial score (nSPS) is 18.2. The molecule has 1 heterocycles. The van der Waals surface area contributed by atoms with Gasteiger partial charge in [0.25, 0.3) is 0 Å². The van der Waals surface area contributed by atoms with Gasteiger partial charge in [0, 0.05) is 26.8 Å². The molecular weight excluding hydrogens is 228 g/mol. The lowest BCUT2D eigenvalue weighted by molar-refractivity contribution is 0.0338. The smallest absolute Gasteiger partial charge is 0.0600 e. The fourth-order valence-electron chi connectivity index (χ4n) is 2.15. The molecule has 4 heteroatoms. The summed E-state index contributed by atoms with van der Waals surface area (Å²) < 4.78 is 11.0. The molecule has 4 nitrogen and oxygen atoms in total. The second-order valence-corrected chi connectivity index (χ2v) is 5.90. The first kappa shape index (κ1) is 15.9. The molecule has 0 aliphatic carbocycles. The first-order valence-corrected chi connectivity index (χ1v) is 7.16. The van der Waals surface area contributed by atoms with Gasteiger partial charge in [-0.3, -0.25) is 0 Å². The molecule has 1 aliphatic heterocycles. The zero-order valence-corrected chi connectivity index (χ0v) is 12.3. The Balaban J connectivity index is 1.96. The average Bonchev–Trinajstić information content (AvgIpc) is 2.37. The highest BCUT2D eigenvalue weighted by Crippen LogP contribution is 2.18. The minimum atomic E-state index is 0.296. The third-order valence-electron chi connectivity index (χ3n) is 3.51. The monoisotopic (exact) mass is 258 g/mol. The minimum absolute atomic E-state index is 0.296. The van der Waals surface area contributed by atoms with Gasteiger partial charge in [0.05, 0.1) is 12.7 Å². The van der Waals surface area contributed by atoms with E-state index in [4.69, 9.17) is 9.47 Å². The summed E-state index contributed by atoms with van der Waals surface area (Å²) in [6.07, 6.45) is 3.86. The Morgan fingerprint density at radius 3 is 2.61 bits per heavy atom. The van der Waals surface area contributed by atoms with Crippen LogP contribution in [-0.2, 0) is 9.47 Å². The third kappa shape index (κ3) is 7.31. The van der Waals surface area contributed by atoms with Crippen LogP contribution in [0.15, 0.2) is 0 Å². The summed E-state index contributed by atoms with van der Waals surface area (Å²) in [7, 11) is 1.76. The standard InChI is InChI=1S/C14H30N2O2/c1-14(2,6-10-17-3)12-16-9-11-18-13-4-7-15-8-5-13/h13,15-16H,4-12H2,1-3H3. The van der Waals surface area contributed by atoms with Crippen molar-refractivity contribution in [1.29, 1.82) is 0 Å². The van der Waals surface area contributed by atoms with Crippen molar-refractivity contribution in [3.63, 3.8) is 0 Å². The molecule has 0 amide bonds. The van der Waals surface area contributed by atoms with Gasteiger partial charge in [0.2, 0.25) is 0 Å². The summed E-state index contributed by atoms with van der Waals surface area (Å²) in [5.74, 6) is 0. The molecule has 1 saturated heterocycles. The van der Waals surface area contributed by atoms with E-state index in [1.165, 1.54) is 0 Å². The Morgan fingerprint density at radius 2 is 1.94 bits per heavy atom. The Kier molecular flexibility index (Phi) is 7.82. The molecule has 0 bridgehead atoms. The van der Waals surface area contributed by atoms with E-state index < -0.39 is 0 Å². The average molecular weight is 258 g/mol. The summed E-state index contributed by atoms with van der Waals surface area (Å²) in [5.41, 5.74) is 0.296. The first-order chi connectivity index (χ1) is 8.64. The van der Waals surface area contributed by atoms with Crippen molar-refractivity contribution in [3.8, 4) is 0 Å². The number of ether oxygens (including phenoxy) is 2. The van der Waals surface area contributed by atoms with Gasteiger partial charge in [0.15, 0.2) is 0 Å². The van der Waals surface area contributed by atoms with Crippen LogP contribution in [0.2, 0.25) is 0 Å². The summed E-state index contributed by atoms with van der Waals surface area (Å²) in [4.78, 5) is 0. The number of hydrogen-bond acceptors (Lipinski definition) is 4. The molecule has 0 spiro atoms. The van der Waals surface area contributed by atoms with E-state index in [1.807, 2.05) is 0 Å². The van der Waals surface area contributed by atoms with Gasteiger partial charge < -0.3 is 20.1 Å². The van der Waals surface area contributed by atoms with Crippen molar-refractivity contribution in [3.05, 3.63) is 0 Å². The lowest BCUT2D eigenvalue weighted by Crippen LogP contribution is -2.35. The largest absolute Gasteiger partial charge is 0.385 e. The van der Waals surface area contributed by atoms with Crippen LogP contribution in [-0.4, -0.2) is 52.6 Å². The van der Waals surface area contributed by atoms with E-state index >= 15 is 0 Å². The van der Waals surface area contributed by atoms with Crippen molar-refractivity contribution in [1.82, 2.24) is 10.6 Å². The van der Waals surface area contributed by atoms with E-state index in [-0.39, 0.29) is 0 Å². The molecule has 0 aromatic rings. The van der Waals surface area contributed by atoms with E-state index in [9.17, 15) is 0 Å². The van der Waals surface area contributed by atoms with E-state index in [1.54, 1.807) is 7.11 Å². The Morgan fingerprint density at radius 1 is 1.22 bits per heavy atom. The molecule has 0 radical (unpaired) electrons. The van der Waals surface area contributed by atoms with Gasteiger partial charge in [-0.25, -0.2) is 0 Å². The Hall–Kier alpha value is -0.160. The van der Waals surface area contributed by atoms with Gasteiger partial charge in [-0.15, -0.1) is 0 Å². The van der Waals surface area contributed by atoms with Gasteiger partial charge in [-0.1, -0.05) is 13.8 Å². The zero-order valence-electron chi connectivity index (χ0n) is 12.3. The first-order valence-electron chi connectivity index (χ1n) is 7.16. The van der Waals surface area contributed by atoms with Crippen molar-refractivity contribution < 1.29 is 9.47 Å². The molecule has 0 aromatic carbocycles. The van der Waals surface area contributed by atoms with Crippen LogP contribution in [0.1, 0.15) is 33.1 Å². The molecule has 1 fully saturated rings. The van der Waals surface area contributed by atoms with Crippen molar-refractivity contribution >= 4 is 0 Å². The maximum atomic E-state index is 5.85. The second-order valence-electron chi connectivity index (χ2n) is 5.90. The van der Waals surface area contributed by atoms with Gasteiger partial charge in [-0.2, -0.15) is 0 Å². The topological polar surface area (TPSA) is 42.5 Å². The van der Waals surface area contributed by atoms with Crippen LogP contribution in [0, 0.1) is 5.41 Å². The molecule has 1 aliphatic rings. The minimum Gasteiger partial charge on any atom is -0.385 e. The number of rotatable bonds is 9. The van der Waals surface area contributed by atoms with E-state index in [2.05, 4.69) is 24.5 Å². The Bertz CT molecular complexity index is 204. The van der Waals surface area contributed by atoms with E-state index in [0.29, 0.717) is 11.5 Å². The predicted molar refractivity (Wildman–Crippen MR) is 75.0 cm³/mol.